The fraction of sp³-hybridized carbons (Fsp3) is 0.182. The molecule has 0 radical (unpaired) electrons. The van der Waals surface area contributed by atoms with Gasteiger partial charge in [-0.2, -0.15) is 0 Å². The van der Waals surface area contributed by atoms with Gasteiger partial charge in [-0.3, -0.25) is 4.79 Å². The lowest BCUT2D eigenvalue weighted by Gasteiger charge is -2.04. The fourth-order valence-electron chi connectivity index (χ4n) is 1.39. The van der Waals surface area contributed by atoms with Crippen LogP contribution in [0.1, 0.15) is 16.1 Å². The molecule has 0 saturated carbocycles. The molecule has 0 aliphatic rings. The minimum absolute atomic E-state index is 0.153. The molecule has 0 amide bonds. The average Bonchev–Trinajstić information content (AvgIpc) is 2.71. The lowest BCUT2D eigenvalue weighted by Crippen LogP contribution is -2.02. The Morgan fingerprint density at radius 3 is 2.65 bits per heavy atom. The minimum Gasteiger partial charge on any atom is -0.497 e. The SMILES string of the molecule is COc1ccc(Cn2nnc(C=O)c2Cl)cc1. The highest BCUT2D eigenvalue weighted by molar-refractivity contribution is 6.31. The standard InChI is InChI=1S/C11H10ClN3O2/c1-17-9-4-2-8(3-5-9)6-15-11(12)10(7-16)13-14-15/h2-5,7H,6H2,1H3. The summed E-state index contributed by atoms with van der Waals surface area (Å²) in [7, 11) is 1.61. The first-order chi connectivity index (χ1) is 8.24. The number of hydrogen-bond acceptors (Lipinski definition) is 4. The van der Waals surface area contributed by atoms with Crippen molar-refractivity contribution in [3.05, 3.63) is 40.7 Å². The fourth-order valence-corrected chi connectivity index (χ4v) is 1.57. The highest BCUT2D eigenvalue weighted by Gasteiger charge is 2.09. The number of benzene rings is 1. The molecule has 1 heterocycles. The van der Waals surface area contributed by atoms with E-state index in [9.17, 15) is 4.79 Å². The smallest absolute Gasteiger partial charge is 0.173 e. The van der Waals surface area contributed by atoms with Crippen LogP contribution in [0.5, 0.6) is 5.75 Å². The molecule has 0 bridgehead atoms. The third-order valence-electron chi connectivity index (χ3n) is 2.30. The number of hydrogen-bond donors (Lipinski definition) is 0. The van der Waals surface area contributed by atoms with Crippen molar-refractivity contribution in [2.75, 3.05) is 7.11 Å². The van der Waals surface area contributed by atoms with Gasteiger partial charge in [0.2, 0.25) is 0 Å². The van der Waals surface area contributed by atoms with E-state index in [2.05, 4.69) is 10.3 Å². The molecule has 6 heteroatoms. The lowest BCUT2D eigenvalue weighted by molar-refractivity contribution is 0.111. The third-order valence-corrected chi connectivity index (χ3v) is 2.69. The molecule has 0 aliphatic heterocycles. The Kier molecular flexibility index (Phi) is 3.39. The first kappa shape index (κ1) is 11.6. The minimum atomic E-state index is 0.153. The molecular weight excluding hydrogens is 242 g/mol. The maximum absolute atomic E-state index is 10.6. The Morgan fingerprint density at radius 2 is 2.12 bits per heavy atom. The number of ether oxygens (including phenoxy) is 1. The zero-order chi connectivity index (χ0) is 12.3. The molecule has 88 valence electrons. The summed E-state index contributed by atoms with van der Waals surface area (Å²) in [6.45, 7) is 0.462. The number of aromatic nitrogens is 3. The van der Waals surface area contributed by atoms with Crippen molar-refractivity contribution in [3.8, 4) is 5.75 Å². The summed E-state index contributed by atoms with van der Waals surface area (Å²) in [6.07, 6.45) is 0.583. The Hall–Kier alpha value is -1.88. The van der Waals surface area contributed by atoms with Gasteiger partial charge in [-0.25, -0.2) is 4.68 Å². The van der Waals surface area contributed by atoms with Gasteiger partial charge in [-0.1, -0.05) is 28.9 Å². The number of nitrogens with zero attached hydrogens (tertiary/aromatic N) is 3. The monoisotopic (exact) mass is 251 g/mol. The highest BCUT2D eigenvalue weighted by atomic mass is 35.5. The van der Waals surface area contributed by atoms with Crippen LogP contribution in [0.3, 0.4) is 0 Å². The summed E-state index contributed by atoms with van der Waals surface area (Å²) >= 11 is 5.91. The van der Waals surface area contributed by atoms with E-state index in [0.29, 0.717) is 12.8 Å². The van der Waals surface area contributed by atoms with Gasteiger partial charge in [0.15, 0.2) is 17.1 Å². The topological polar surface area (TPSA) is 57.0 Å². The van der Waals surface area contributed by atoms with E-state index in [1.807, 2.05) is 24.3 Å². The van der Waals surface area contributed by atoms with E-state index in [0.717, 1.165) is 11.3 Å². The average molecular weight is 252 g/mol. The summed E-state index contributed by atoms with van der Waals surface area (Å²) in [6, 6.07) is 7.50. The second-order valence-corrected chi connectivity index (χ2v) is 3.75. The van der Waals surface area contributed by atoms with Crippen LogP contribution < -0.4 is 4.74 Å². The van der Waals surface area contributed by atoms with Crippen LogP contribution in [0, 0.1) is 0 Å². The third kappa shape index (κ3) is 2.45. The zero-order valence-corrected chi connectivity index (χ0v) is 9.89. The van der Waals surface area contributed by atoms with Crippen LogP contribution in [0.2, 0.25) is 5.15 Å². The quantitative estimate of drug-likeness (QED) is 0.778. The second kappa shape index (κ2) is 4.97. The highest BCUT2D eigenvalue weighted by Crippen LogP contribution is 2.15. The molecule has 2 aromatic rings. The van der Waals surface area contributed by atoms with Gasteiger partial charge < -0.3 is 4.74 Å². The maximum atomic E-state index is 10.6. The van der Waals surface area contributed by atoms with E-state index in [1.54, 1.807) is 7.11 Å². The van der Waals surface area contributed by atoms with Crippen molar-refractivity contribution in [1.29, 1.82) is 0 Å². The van der Waals surface area contributed by atoms with Gasteiger partial charge in [0.05, 0.1) is 13.7 Å². The number of methoxy groups -OCH3 is 1. The molecule has 17 heavy (non-hydrogen) atoms. The van der Waals surface area contributed by atoms with Gasteiger partial charge in [0.1, 0.15) is 5.75 Å². The number of carbonyl (C=O) groups is 1. The summed E-state index contributed by atoms with van der Waals surface area (Å²) in [5.74, 6) is 0.784. The van der Waals surface area contributed by atoms with Gasteiger partial charge in [-0.05, 0) is 17.7 Å². The number of halogens is 1. The largest absolute Gasteiger partial charge is 0.497 e. The molecule has 0 fully saturated rings. The summed E-state index contributed by atoms with van der Waals surface area (Å²) in [4.78, 5) is 10.6. The van der Waals surface area contributed by atoms with Crippen molar-refractivity contribution in [2.24, 2.45) is 0 Å². The maximum Gasteiger partial charge on any atom is 0.173 e. The second-order valence-electron chi connectivity index (χ2n) is 3.39. The molecule has 2 rings (SSSR count). The van der Waals surface area contributed by atoms with Crippen molar-refractivity contribution in [2.45, 2.75) is 6.54 Å². The zero-order valence-electron chi connectivity index (χ0n) is 9.13. The number of aldehydes is 1. The molecule has 0 spiro atoms. The Balaban J connectivity index is 2.19. The molecule has 1 aromatic heterocycles. The summed E-state index contributed by atoms with van der Waals surface area (Å²) in [5, 5.41) is 7.70. The number of rotatable bonds is 4. The Morgan fingerprint density at radius 1 is 1.41 bits per heavy atom. The van der Waals surface area contributed by atoms with Crippen LogP contribution in [0.15, 0.2) is 24.3 Å². The molecule has 0 atom stereocenters. The van der Waals surface area contributed by atoms with Gasteiger partial charge in [-0.15, -0.1) is 5.10 Å². The van der Waals surface area contributed by atoms with Crippen LogP contribution in [-0.4, -0.2) is 28.4 Å². The first-order valence-electron chi connectivity index (χ1n) is 4.91. The van der Waals surface area contributed by atoms with Crippen molar-refractivity contribution < 1.29 is 9.53 Å². The van der Waals surface area contributed by atoms with Crippen LogP contribution >= 0.6 is 11.6 Å². The molecular formula is C11H10ClN3O2. The molecule has 0 aliphatic carbocycles. The van der Waals surface area contributed by atoms with Gasteiger partial charge in [0.25, 0.3) is 0 Å². The first-order valence-corrected chi connectivity index (χ1v) is 5.29. The van der Waals surface area contributed by atoms with E-state index in [4.69, 9.17) is 16.3 Å². The van der Waals surface area contributed by atoms with Crippen molar-refractivity contribution in [3.63, 3.8) is 0 Å². The predicted octanol–water partition coefficient (Wildman–Crippen LogP) is 1.80. The molecule has 0 N–H and O–H groups in total. The normalized spacial score (nSPS) is 10.2. The Labute approximate surface area is 103 Å². The van der Waals surface area contributed by atoms with E-state index in [1.165, 1.54) is 4.68 Å². The van der Waals surface area contributed by atoms with E-state index < -0.39 is 0 Å². The lowest BCUT2D eigenvalue weighted by atomic mass is 10.2. The Bertz CT molecular complexity index is 522. The van der Waals surface area contributed by atoms with Gasteiger partial charge >= 0.3 is 0 Å². The molecule has 1 aromatic carbocycles. The predicted molar refractivity (Wildman–Crippen MR) is 62.5 cm³/mol. The molecule has 0 saturated heterocycles. The summed E-state index contributed by atoms with van der Waals surface area (Å²) < 4.78 is 6.52. The van der Waals surface area contributed by atoms with E-state index in [-0.39, 0.29) is 10.8 Å². The van der Waals surface area contributed by atoms with E-state index >= 15 is 0 Å². The number of carbonyl (C=O) groups excluding carboxylic acids is 1. The molecule has 0 unspecified atom stereocenters. The summed E-state index contributed by atoms with van der Waals surface area (Å²) in [5.41, 5.74) is 1.15. The van der Waals surface area contributed by atoms with Crippen LogP contribution in [0.25, 0.3) is 0 Å². The van der Waals surface area contributed by atoms with Gasteiger partial charge in [0, 0.05) is 0 Å². The van der Waals surface area contributed by atoms with Crippen molar-refractivity contribution in [1.82, 2.24) is 15.0 Å². The molecule has 5 nitrogen and oxygen atoms in total. The van der Waals surface area contributed by atoms with Crippen molar-refractivity contribution >= 4 is 17.9 Å². The van der Waals surface area contributed by atoms with Crippen LogP contribution in [-0.2, 0) is 6.54 Å². The van der Waals surface area contributed by atoms with Crippen LogP contribution in [0.4, 0.5) is 0 Å².